The number of amides is 1. The first-order chi connectivity index (χ1) is 9.63. The van der Waals surface area contributed by atoms with Crippen molar-refractivity contribution in [1.29, 1.82) is 0 Å². The normalized spacial score (nSPS) is 10.9. The fourth-order valence-corrected chi connectivity index (χ4v) is 2.89. The third kappa shape index (κ3) is 2.52. The van der Waals surface area contributed by atoms with E-state index in [9.17, 15) is 4.79 Å². The number of nitrogens with one attached hydrogen (secondary N) is 2. The number of aromatic amines is 1. The fraction of sp³-hybridized carbons (Fsp3) is 0.154. The van der Waals surface area contributed by atoms with Crippen LogP contribution >= 0.6 is 22.9 Å². The summed E-state index contributed by atoms with van der Waals surface area (Å²) in [7, 11) is 0. The number of hydrogen-bond donors (Lipinski definition) is 2. The molecule has 0 aliphatic carbocycles. The van der Waals surface area contributed by atoms with Gasteiger partial charge in [0.15, 0.2) is 0 Å². The van der Waals surface area contributed by atoms with Crippen LogP contribution in [0.2, 0.25) is 4.47 Å². The van der Waals surface area contributed by atoms with Gasteiger partial charge >= 0.3 is 0 Å². The van der Waals surface area contributed by atoms with Crippen LogP contribution in [0.3, 0.4) is 0 Å². The molecule has 2 aromatic heterocycles. The van der Waals surface area contributed by atoms with E-state index in [4.69, 9.17) is 11.6 Å². The number of fused-ring (bicyclic) bond motifs is 1. The third-order valence-corrected chi connectivity index (χ3v) is 3.95. The number of benzene rings is 1. The molecule has 2 heterocycles. The first-order valence-electron chi connectivity index (χ1n) is 5.98. The molecule has 5 nitrogen and oxygen atoms in total. The van der Waals surface area contributed by atoms with Crippen molar-refractivity contribution in [2.24, 2.45) is 0 Å². The summed E-state index contributed by atoms with van der Waals surface area (Å²) in [6, 6.07) is 7.92. The average molecular weight is 307 g/mol. The second-order valence-electron chi connectivity index (χ2n) is 4.36. The highest BCUT2D eigenvalue weighted by Gasteiger charge is 2.13. The fourth-order valence-electron chi connectivity index (χ4n) is 2.14. The largest absolute Gasteiger partial charge is 0.358 e. The van der Waals surface area contributed by atoms with E-state index in [2.05, 4.69) is 20.5 Å². The molecule has 2 N–H and O–H groups in total. The number of rotatable bonds is 3. The molecule has 1 amide bonds. The van der Waals surface area contributed by atoms with E-state index in [-0.39, 0.29) is 12.3 Å². The van der Waals surface area contributed by atoms with Gasteiger partial charge in [0.1, 0.15) is 0 Å². The Morgan fingerprint density at radius 2 is 2.20 bits per heavy atom. The lowest BCUT2D eigenvalue weighted by atomic mass is 10.1. The molecule has 0 saturated heterocycles. The van der Waals surface area contributed by atoms with Crippen LogP contribution in [0.4, 0.5) is 5.13 Å². The lowest BCUT2D eigenvalue weighted by Gasteiger charge is -2.02. The van der Waals surface area contributed by atoms with Crippen LogP contribution in [0.15, 0.2) is 24.3 Å². The maximum absolute atomic E-state index is 12.1. The molecular weight excluding hydrogens is 296 g/mol. The number of aryl methyl sites for hydroxylation is 1. The summed E-state index contributed by atoms with van der Waals surface area (Å²) in [6.45, 7) is 1.96. The van der Waals surface area contributed by atoms with Crippen molar-refractivity contribution >= 4 is 44.9 Å². The number of halogens is 1. The van der Waals surface area contributed by atoms with Crippen molar-refractivity contribution in [3.8, 4) is 0 Å². The lowest BCUT2D eigenvalue weighted by Crippen LogP contribution is -2.14. The minimum Gasteiger partial charge on any atom is -0.358 e. The van der Waals surface area contributed by atoms with Gasteiger partial charge in [-0.3, -0.25) is 4.79 Å². The molecule has 102 valence electrons. The number of H-pyrrole nitrogens is 1. The standard InChI is InChI=1S/C13H11ClN4OS/c1-7-9(8-4-2-3-5-10(8)15-7)6-11(19)16-13-18-17-12(14)20-13/h2-5,15H,6H2,1H3,(H,16,18,19). The summed E-state index contributed by atoms with van der Waals surface area (Å²) in [5, 5.41) is 11.6. The Kier molecular flexibility index (Phi) is 3.42. The summed E-state index contributed by atoms with van der Waals surface area (Å²) in [4.78, 5) is 15.3. The van der Waals surface area contributed by atoms with Crippen molar-refractivity contribution in [1.82, 2.24) is 15.2 Å². The molecule has 0 atom stereocenters. The van der Waals surface area contributed by atoms with Crippen LogP contribution in [0, 0.1) is 6.92 Å². The zero-order valence-corrected chi connectivity index (χ0v) is 12.2. The SMILES string of the molecule is Cc1[nH]c2ccccc2c1CC(=O)Nc1nnc(Cl)s1. The Labute approximate surface area is 124 Å². The van der Waals surface area contributed by atoms with Gasteiger partial charge in [-0.1, -0.05) is 29.5 Å². The van der Waals surface area contributed by atoms with E-state index in [0.717, 1.165) is 33.5 Å². The molecule has 0 aliphatic rings. The first-order valence-corrected chi connectivity index (χ1v) is 7.18. The van der Waals surface area contributed by atoms with Gasteiger partial charge in [-0.05, 0) is 30.2 Å². The highest BCUT2D eigenvalue weighted by molar-refractivity contribution is 7.19. The van der Waals surface area contributed by atoms with E-state index >= 15 is 0 Å². The number of hydrogen-bond acceptors (Lipinski definition) is 4. The molecule has 0 fully saturated rings. The first kappa shape index (κ1) is 13.1. The molecule has 0 radical (unpaired) electrons. The molecule has 3 rings (SSSR count). The summed E-state index contributed by atoms with van der Waals surface area (Å²) < 4.78 is 0.309. The Hall–Kier alpha value is -1.92. The average Bonchev–Trinajstić information content (AvgIpc) is 2.94. The Balaban J connectivity index is 1.82. The Morgan fingerprint density at radius 3 is 2.95 bits per heavy atom. The number of carbonyl (C=O) groups excluding carboxylic acids is 1. The van der Waals surface area contributed by atoms with Gasteiger partial charge in [-0.15, -0.1) is 10.2 Å². The van der Waals surface area contributed by atoms with E-state index < -0.39 is 0 Å². The van der Waals surface area contributed by atoms with Gasteiger partial charge in [0.25, 0.3) is 0 Å². The molecule has 0 bridgehead atoms. The van der Waals surface area contributed by atoms with E-state index in [1.807, 2.05) is 31.2 Å². The number of carbonyl (C=O) groups is 1. The topological polar surface area (TPSA) is 70.7 Å². The monoisotopic (exact) mass is 306 g/mol. The van der Waals surface area contributed by atoms with Crippen molar-refractivity contribution in [3.63, 3.8) is 0 Å². The number of para-hydroxylation sites is 1. The predicted octanol–water partition coefficient (Wildman–Crippen LogP) is 3.16. The molecule has 0 unspecified atom stereocenters. The molecule has 20 heavy (non-hydrogen) atoms. The molecule has 0 spiro atoms. The molecule has 0 saturated carbocycles. The second kappa shape index (κ2) is 5.22. The van der Waals surface area contributed by atoms with Gasteiger partial charge in [0, 0.05) is 16.6 Å². The molecule has 0 aliphatic heterocycles. The Bertz CT molecular complexity index is 780. The van der Waals surface area contributed by atoms with Crippen molar-refractivity contribution in [3.05, 3.63) is 40.0 Å². The highest BCUT2D eigenvalue weighted by atomic mass is 35.5. The third-order valence-electron chi connectivity index (χ3n) is 3.01. The summed E-state index contributed by atoms with van der Waals surface area (Å²) in [6.07, 6.45) is 0.285. The summed E-state index contributed by atoms with van der Waals surface area (Å²) >= 11 is 6.82. The Morgan fingerprint density at radius 1 is 1.40 bits per heavy atom. The van der Waals surface area contributed by atoms with Gasteiger partial charge in [-0.25, -0.2) is 0 Å². The minimum atomic E-state index is -0.134. The van der Waals surface area contributed by atoms with Crippen LogP contribution in [-0.2, 0) is 11.2 Å². The van der Waals surface area contributed by atoms with Crippen LogP contribution in [0.1, 0.15) is 11.3 Å². The van der Waals surface area contributed by atoms with Crippen molar-refractivity contribution < 1.29 is 4.79 Å². The number of aromatic nitrogens is 3. The van der Waals surface area contributed by atoms with Crippen LogP contribution in [0.5, 0.6) is 0 Å². The minimum absolute atomic E-state index is 0.134. The van der Waals surface area contributed by atoms with Crippen LogP contribution in [0.25, 0.3) is 10.9 Å². The van der Waals surface area contributed by atoms with Gasteiger partial charge < -0.3 is 10.3 Å². The van der Waals surface area contributed by atoms with E-state index in [0.29, 0.717) is 9.60 Å². The van der Waals surface area contributed by atoms with E-state index in [1.54, 1.807) is 0 Å². The van der Waals surface area contributed by atoms with Gasteiger partial charge in [-0.2, -0.15) is 0 Å². The van der Waals surface area contributed by atoms with Crippen molar-refractivity contribution in [2.75, 3.05) is 5.32 Å². The zero-order valence-electron chi connectivity index (χ0n) is 10.6. The van der Waals surface area contributed by atoms with Gasteiger partial charge in [0.2, 0.25) is 15.5 Å². The second-order valence-corrected chi connectivity index (χ2v) is 5.92. The maximum atomic E-state index is 12.1. The smallest absolute Gasteiger partial charge is 0.230 e. The molecule has 7 heteroatoms. The predicted molar refractivity (Wildman–Crippen MR) is 80.3 cm³/mol. The lowest BCUT2D eigenvalue weighted by molar-refractivity contribution is -0.115. The number of nitrogens with zero attached hydrogens (tertiary/aromatic N) is 2. The summed E-state index contributed by atoms with van der Waals surface area (Å²) in [5.74, 6) is -0.134. The summed E-state index contributed by atoms with van der Waals surface area (Å²) in [5.41, 5.74) is 3.03. The van der Waals surface area contributed by atoms with Crippen molar-refractivity contribution in [2.45, 2.75) is 13.3 Å². The molecule has 3 aromatic rings. The van der Waals surface area contributed by atoms with Gasteiger partial charge in [0.05, 0.1) is 6.42 Å². The molecule has 1 aromatic carbocycles. The maximum Gasteiger partial charge on any atom is 0.230 e. The van der Waals surface area contributed by atoms with E-state index in [1.165, 1.54) is 0 Å². The highest BCUT2D eigenvalue weighted by Crippen LogP contribution is 2.23. The van der Waals surface area contributed by atoms with Crippen LogP contribution in [-0.4, -0.2) is 21.1 Å². The molecular formula is C13H11ClN4OS. The zero-order chi connectivity index (χ0) is 14.1. The quantitative estimate of drug-likeness (QED) is 0.781. The number of anilines is 1. The van der Waals surface area contributed by atoms with Crippen LogP contribution < -0.4 is 5.32 Å².